The summed E-state index contributed by atoms with van der Waals surface area (Å²) < 4.78 is 3.47. The number of fused-ring (bicyclic) bond motifs is 1. The van der Waals surface area contributed by atoms with E-state index in [0.717, 1.165) is 23.5 Å². The van der Waals surface area contributed by atoms with Gasteiger partial charge in [0.15, 0.2) is 12.4 Å². The van der Waals surface area contributed by atoms with Crippen molar-refractivity contribution in [2.24, 2.45) is 0 Å². The molecule has 2 nitrogen and oxygen atoms in total. The molecule has 90 valence electrons. The molecule has 0 unspecified atom stereocenters. The lowest BCUT2D eigenvalue weighted by Crippen LogP contribution is -2.32. The third-order valence-electron chi connectivity index (χ3n) is 2.88. The second-order valence-electron chi connectivity index (χ2n) is 4.32. The molecule has 3 heteroatoms. The zero-order valence-electron chi connectivity index (χ0n) is 10.3. The molecule has 0 radical (unpaired) electrons. The van der Waals surface area contributed by atoms with Gasteiger partial charge in [-0.2, -0.15) is 0 Å². The summed E-state index contributed by atoms with van der Waals surface area (Å²) in [5.41, 5.74) is 2.29. The Hall–Kier alpha value is -1.74. The van der Waals surface area contributed by atoms with Gasteiger partial charge in [0.25, 0.3) is 0 Å². The van der Waals surface area contributed by atoms with E-state index in [9.17, 15) is 0 Å². The first kappa shape index (κ1) is 11.4. The van der Waals surface area contributed by atoms with E-state index >= 15 is 0 Å². The van der Waals surface area contributed by atoms with E-state index in [1.54, 1.807) is 11.3 Å². The van der Waals surface area contributed by atoms with Crippen LogP contribution >= 0.6 is 11.3 Å². The van der Waals surface area contributed by atoms with E-state index in [0.29, 0.717) is 0 Å². The van der Waals surface area contributed by atoms with Crippen LogP contribution in [-0.4, -0.2) is 4.98 Å². The minimum atomic E-state index is 1.05. The Morgan fingerprint density at radius 2 is 2.06 bits per heavy atom. The average Bonchev–Trinajstić information content (AvgIpc) is 2.83. The summed E-state index contributed by atoms with van der Waals surface area (Å²) in [5, 5.41) is 1.10. The Bertz CT molecular complexity index is 640. The van der Waals surface area contributed by atoms with E-state index < -0.39 is 0 Å². The highest BCUT2D eigenvalue weighted by atomic mass is 32.1. The van der Waals surface area contributed by atoms with E-state index in [1.807, 2.05) is 6.07 Å². The van der Waals surface area contributed by atoms with Crippen LogP contribution in [0.2, 0.25) is 0 Å². The van der Waals surface area contributed by atoms with E-state index in [1.165, 1.54) is 10.3 Å². The highest BCUT2D eigenvalue weighted by Gasteiger charge is 2.09. The summed E-state index contributed by atoms with van der Waals surface area (Å²) in [4.78, 5) is 4.69. The molecule has 0 saturated carbocycles. The van der Waals surface area contributed by atoms with Gasteiger partial charge in [0, 0.05) is 12.5 Å². The third-order valence-corrected chi connectivity index (χ3v) is 3.97. The maximum atomic E-state index is 4.69. The lowest BCUT2D eigenvalue weighted by Gasteiger charge is -1.96. The zero-order valence-corrected chi connectivity index (χ0v) is 11.2. The lowest BCUT2D eigenvalue weighted by molar-refractivity contribution is -0.696. The number of pyridine rings is 1. The molecule has 0 amide bonds. The summed E-state index contributed by atoms with van der Waals surface area (Å²) in [6.45, 7) is 3.25. The summed E-state index contributed by atoms with van der Waals surface area (Å²) in [6, 6.07) is 12.5. The van der Waals surface area contributed by atoms with Crippen LogP contribution in [0.4, 0.5) is 0 Å². The van der Waals surface area contributed by atoms with Gasteiger partial charge in [-0.25, -0.2) is 9.55 Å². The molecule has 0 spiro atoms. The molecular formula is C15H15N2S+. The molecule has 0 atom stereocenters. The third kappa shape index (κ3) is 2.14. The maximum Gasteiger partial charge on any atom is 0.179 e. The highest BCUT2D eigenvalue weighted by molar-refractivity contribution is 7.21. The van der Waals surface area contributed by atoms with Crippen molar-refractivity contribution in [3.8, 4) is 10.6 Å². The predicted molar refractivity (Wildman–Crippen MR) is 75.5 cm³/mol. The van der Waals surface area contributed by atoms with Crippen LogP contribution in [0, 0.1) is 0 Å². The maximum absolute atomic E-state index is 4.69. The normalized spacial score (nSPS) is 10.9. The number of nitrogens with zero attached hydrogens (tertiary/aromatic N) is 2. The molecule has 0 N–H and O–H groups in total. The van der Waals surface area contributed by atoms with Crippen molar-refractivity contribution in [3.63, 3.8) is 0 Å². The summed E-state index contributed by atoms with van der Waals surface area (Å²) >= 11 is 1.75. The number of rotatable bonds is 3. The molecule has 0 aliphatic rings. The topological polar surface area (TPSA) is 16.8 Å². The number of hydrogen-bond acceptors (Lipinski definition) is 2. The standard InChI is InChI=1S/C15H15N2S/c1-2-9-17-10-5-6-12(11-17)15-16-13-7-3-4-8-14(13)18-15/h3-8,10-11H,2,9H2,1H3/q+1. The van der Waals surface area contributed by atoms with Crippen molar-refractivity contribution >= 4 is 21.6 Å². The Balaban J connectivity index is 2.05. The first-order chi connectivity index (χ1) is 8.86. The Kier molecular flexibility index (Phi) is 3.07. The smallest absolute Gasteiger partial charge is 0.179 e. The van der Waals surface area contributed by atoms with Crippen molar-refractivity contribution in [1.82, 2.24) is 4.98 Å². The minimum Gasteiger partial charge on any atom is -0.236 e. The van der Waals surface area contributed by atoms with Gasteiger partial charge in [0.2, 0.25) is 0 Å². The fourth-order valence-corrected chi connectivity index (χ4v) is 3.00. The van der Waals surface area contributed by atoms with E-state index in [-0.39, 0.29) is 0 Å². The number of thiazole rings is 1. The van der Waals surface area contributed by atoms with Gasteiger partial charge in [-0.3, -0.25) is 0 Å². The quantitative estimate of drug-likeness (QED) is 0.653. The first-order valence-corrected chi connectivity index (χ1v) is 7.03. The van der Waals surface area contributed by atoms with Crippen LogP contribution in [0.15, 0.2) is 48.8 Å². The Morgan fingerprint density at radius 3 is 2.89 bits per heavy atom. The monoisotopic (exact) mass is 255 g/mol. The van der Waals surface area contributed by atoms with Crippen molar-refractivity contribution in [1.29, 1.82) is 0 Å². The molecule has 0 aliphatic carbocycles. The summed E-state index contributed by atoms with van der Waals surface area (Å²) in [6.07, 6.45) is 5.44. The fourth-order valence-electron chi connectivity index (χ4n) is 2.04. The molecule has 1 aromatic carbocycles. The molecule has 0 saturated heterocycles. The molecule has 0 aliphatic heterocycles. The highest BCUT2D eigenvalue weighted by Crippen LogP contribution is 2.28. The number of benzene rings is 1. The van der Waals surface area contributed by atoms with Gasteiger partial charge in [-0.1, -0.05) is 19.1 Å². The second-order valence-corrected chi connectivity index (χ2v) is 5.35. The Labute approximate surface area is 111 Å². The molecule has 2 aromatic heterocycles. The molecule has 18 heavy (non-hydrogen) atoms. The number of aryl methyl sites for hydroxylation is 1. The van der Waals surface area contributed by atoms with Crippen LogP contribution in [0.5, 0.6) is 0 Å². The van der Waals surface area contributed by atoms with Crippen LogP contribution in [0.25, 0.3) is 20.8 Å². The van der Waals surface area contributed by atoms with Crippen LogP contribution in [0.3, 0.4) is 0 Å². The van der Waals surface area contributed by atoms with Gasteiger partial charge in [-0.15, -0.1) is 11.3 Å². The minimum absolute atomic E-state index is 1.05. The molecule has 0 bridgehead atoms. The molecular weight excluding hydrogens is 240 g/mol. The second kappa shape index (κ2) is 4.86. The van der Waals surface area contributed by atoms with Crippen LogP contribution in [0.1, 0.15) is 13.3 Å². The van der Waals surface area contributed by atoms with Crippen molar-refractivity contribution in [2.45, 2.75) is 19.9 Å². The van der Waals surface area contributed by atoms with Crippen LogP contribution in [-0.2, 0) is 6.54 Å². The SMILES string of the molecule is CCC[n+]1cccc(-c2nc3ccccc3s2)c1. The number of para-hydroxylation sites is 1. The van der Waals surface area contributed by atoms with Gasteiger partial charge < -0.3 is 0 Å². The number of hydrogen-bond donors (Lipinski definition) is 0. The molecule has 0 fully saturated rings. The largest absolute Gasteiger partial charge is 0.236 e. The molecule has 3 aromatic rings. The van der Waals surface area contributed by atoms with Gasteiger partial charge in [0.05, 0.1) is 15.8 Å². The van der Waals surface area contributed by atoms with Crippen molar-refractivity contribution < 1.29 is 4.57 Å². The van der Waals surface area contributed by atoms with E-state index in [4.69, 9.17) is 0 Å². The van der Waals surface area contributed by atoms with Crippen molar-refractivity contribution in [2.75, 3.05) is 0 Å². The summed E-state index contributed by atoms with van der Waals surface area (Å²) in [7, 11) is 0. The van der Waals surface area contributed by atoms with Gasteiger partial charge >= 0.3 is 0 Å². The zero-order chi connectivity index (χ0) is 12.4. The number of aromatic nitrogens is 2. The van der Waals surface area contributed by atoms with Crippen molar-refractivity contribution in [3.05, 3.63) is 48.8 Å². The molecule has 2 heterocycles. The predicted octanol–water partition coefficient (Wildman–Crippen LogP) is 3.66. The van der Waals surface area contributed by atoms with Crippen LogP contribution < -0.4 is 4.57 Å². The molecule has 3 rings (SSSR count). The first-order valence-electron chi connectivity index (χ1n) is 6.22. The van der Waals surface area contributed by atoms with Gasteiger partial charge in [-0.05, 0) is 18.2 Å². The lowest BCUT2D eigenvalue weighted by atomic mass is 10.3. The summed E-state index contributed by atoms with van der Waals surface area (Å²) in [5.74, 6) is 0. The van der Waals surface area contributed by atoms with Gasteiger partial charge in [0.1, 0.15) is 11.6 Å². The van der Waals surface area contributed by atoms with E-state index in [2.05, 4.69) is 59.2 Å². The fraction of sp³-hybridized carbons (Fsp3) is 0.200. The average molecular weight is 255 g/mol. The Morgan fingerprint density at radius 1 is 1.17 bits per heavy atom.